The molecule has 0 aliphatic heterocycles. The van der Waals surface area contributed by atoms with Crippen LogP contribution in [0.15, 0.2) is 61.2 Å². The van der Waals surface area contributed by atoms with Crippen LogP contribution in [-0.4, -0.2) is 48.4 Å². The molecule has 0 spiro atoms. The fourth-order valence-corrected chi connectivity index (χ4v) is 4.39. The Bertz CT molecular complexity index is 1840. The zero-order chi connectivity index (χ0) is 30.9. The van der Waals surface area contributed by atoms with Crippen molar-refractivity contribution in [2.45, 2.75) is 26.1 Å². The first-order valence-electron chi connectivity index (χ1n) is 12.6. The van der Waals surface area contributed by atoms with Gasteiger partial charge in [-0.1, -0.05) is 29.3 Å². The Morgan fingerprint density at radius 3 is 2.53 bits per heavy atom. The van der Waals surface area contributed by atoms with E-state index in [9.17, 15) is 22.8 Å². The van der Waals surface area contributed by atoms with E-state index in [1.807, 2.05) is 13.0 Å². The van der Waals surface area contributed by atoms with Crippen molar-refractivity contribution in [3.63, 3.8) is 0 Å². The highest BCUT2D eigenvalue weighted by molar-refractivity contribution is 6.29. The Hall–Kier alpha value is -5.02. The molecule has 0 saturated heterocycles. The lowest BCUT2D eigenvalue weighted by molar-refractivity contribution is -0.137. The Morgan fingerprint density at radius 1 is 1.02 bits per heavy atom. The second-order valence-electron chi connectivity index (χ2n) is 9.34. The number of ether oxygens (including phenoxy) is 1. The first-order chi connectivity index (χ1) is 20.4. The first-order valence-corrected chi connectivity index (χ1v) is 13.0. The van der Waals surface area contributed by atoms with E-state index in [0.29, 0.717) is 16.9 Å². The standard InChI is InChI=1S/C27H23ClF3N9O3/c1-14-5-4-6-16(7-14)25(41)35-18-11-34-39(13-18)24-19(27(29,30)31)8-17(10-33-24)36-26(42)37-20-12-32-22-9-21(28)38-40(22)23(20)15(2)43-3/h4-13,15H,1-3H3,(H,35,41)(H2,36,37,42)/t15-/m0/s1. The summed E-state index contributed by atoms with van der Waals surface area (Å²) in [6.07, 6.45) is -0.616. The largest absolute Gasteiger partial charge is 0.420 e. The summed E-state index contributed by atoms with van der Waals surface area (Å²) in [5.41, 5.74) is 0.992. The van der Waals surface area contributed by atoms with Gasteiger partial charge in [0.05, 0.1) is 53.6 Å². The van der Waals surface area contributed by atoms with Crippen LogP contribution in [0.4, 0.5) is 35.0 Å². The van der Waals surface area contributed by atoms with Gasteiger partial charge in [0.2, 0.25) is 0 Å². The smallest absolute Gasteiger partial charge is 0.375 e. The number of hydrogen-bond donors (Lipinski definition) is 3. The summed E-state index contributed by atoms with van der Waals surface area (Å²) in [6.45, 7) is 3.54. The quantitative estimate of drug-likeness (QED) is 0.208. The van der Waals surface area contributed by atoms with E-state index < -0.39 is 35.6 Å². The van der Waals surface area contributed by atoms with Crippen molar-refractivity contribution < 1.29 is 27.5 Å². The molecule has 1 aromatic carbocycles. The van der Waals surface area contributed by atoms with E-state index in [2.05, 4.69) is 36.1 Å². The average molecular weight is 614 g/mol. The molecule has 4 heterocycles. The highest BCUT2D eigenvalue weighted by Gasteiger charge is 2.36. The van der Waals surface area contributed by atoms with Crippen molar-refractivity contribution >= 4 is 46.2 Å². The number of anilines is 3. The van der Waals surface area contributed by atoms with Gasteiger partial charge in [0.25, 0.3) is 5.91 Å². The lowest BCUT2D eigenvalue weighted by atomic mass is 10.1. The Morgan fingerprint density at radius 2 is 1.81 bits per heavy atom. The molecule has 0 radical (unpaired) electrons. The summed E-state index contributed by atoms with van der Waals surface area (Å²) in [4.78, 5) is 33.5. The number of carbonyl (C=O) groups is 2. The highest BCUT2D eigenvalue weighted by Crippen LogP contribution is 2.35. The van der Waals surface area contributed by atoms with Crippen molar-refractivity contribution in [3.8, 4) is 5.82 Å². The lowest BCUT2D eigenvalue weighted by Crippen LogP contribution is -2.23. The van der Waals surface area contributed by atoms with Crippen LogP contribution in [0.2, 0.25) is 5.15 Å². The second kappa shape index (κ2) is 11.7. The van der Waals surface area contributed by atoms with Gasteiger partial charge in [0.15, 0.2) is 16.6 Å². The normalized spacial score (nSPS) is 12.3. The molecule has 0 unspecified atom stereocenters. The summed E-state index contributed by atoms with van der Waals surface area (Å²) in [5, 5.41) is 15.8. The SMILES string of the molecule is CO[C@@H](C)c1c(NC(=O)Nc2cnc(-n3cc(NC(=O)c4cccc(C)c4)cn3)c(C(F)(F)F)c2)cnc2cc(Cl)nn12. The molecule has 3 amide bonds. The van der Waals surface area contributed by atoms with Crippen LogP contribution in [-0.2, 0) is 10.9 Å². The molecular weight excluding hydrogens is 591 g/mol. The van der Waals surface area contributed by atoms with Gasteiger partial charge in [0.1, 0.15) is 5.56 Å². The highest BCUT2D eigenvalue weighted by atomic mass is 35.5. The molecule has 3 N–H and O–H groups in total. The van der Waals surface area contributed by atoms with Crippen LogP contribution >= 0.6 is 11.6 Å². The van der Waals surface area contributed by atoms with Crippen molar-refractivity contribution in [1.29, 1.82) is 0 Å². The van der Waals surface area contributed by atoms with Crippen LogP contribution in [0.25, 0.3) is 11.5 Å². The number of methoxy groups -OCH3 is 1. The predicted molar refractivity (Wildman–Crippen MR) is 152 cm³/mol. The number of fused-ring (bicyclic) bond motifs is 1. The minimum absolute atomic E-state index is 0.160. The van der Waals surface area contributed by atoms with Gasteiger partial charge in [-0.25, -0.2) is 24.0 Å². The minimum Gasteiger partial charge on any atom is -0.375 e. The van der Waals surface area contributed by atoms with E-state index in [1.165, 1.54) is 36.3 Å². The Labute approximate surface area is 246 Å². The number of aromatic nitrogens is 6. The van der Waals surface area contributed by atoms with Crippen molar-refractivity contribution in [2.24, 2.45) is 0 Å². The summed E-state index contributed by atoms with van der Waals surface area (Å²) >= 11 is 6.00. The van der Waals surface area contributed by atoms with Crippen LogP contribution < -0.4 is 16.0 Å². The molecule has 0 saturated carbocycles. The summed E-state index contributed by atoms with van der Waals surface area (Å²) in [6, 6.07) is 8.20. The van der Waals surface area contributed by atoms with Gasteiger partial charge in [-0.05, 0) is 32.0 Å². The van der Waals surface area contributed by atoms with Gasteiger partial charge in [-0.2, -0.15) is 23.4 Å². The number of urea groups is 1. The fourth-order valence-electron chi connectivity index (χ4n) is 4.22. The number of rotatable bonds is 7. The van der Waals surface area contributed by atoms with Crippen LogP contribution in [0.5, 0.6) is 0 Å². The van der Waals surface area contributed by atoms with Gasteiger partial charge in [-0.3, -0.25) is 4.79 Å². The molecule has 5 aromatic rings. The van der Waals surface area contributed by atoms with E-state index in [0.717, 1.165) is 22.5 Å². The average Bonchev–Trinajstić information content (AvgIpc) is 3.57. The number of amides is 3. The third-order valence-electron chi connectivity index (χ3n) is 6.25. The number of pyridine rings is 1. The predicted octanol–water partition coefficient (Wildman–Crippen LogP) is 5.89. The van der Waals surface area contributed by atoms with Crippen LogP contribution in [0.3, 0.4) is 0 Å². The zero-order valence-corrected chi connectivity index (χ0v) is 23.5. The Kier molecular flexibility index (Phi) is 8.02. The van der Waals surface area contributed by atoms with Crippen molar-refractivity contribution in [2.75, 3.05) is 23.1 Å². The third kappa shape index (κ3) is 6.42. The van der Waals surface area contributed by atoms with Gasteiger partial charge in [-0.15, -0.1) is 0 Å². The topological polar surface area (TPSA) is 140 Å². The summed E-state index contributed by atoms with van der Waals surface area (Å²) in [7, 11) is 1.46. The number of nitrogens with zero attached hydrogens (tertiary/aromatic N) is 6. The Balaban J connectivity index is 1.37. The minimum atomic E-state index is -4.86. The van der Waals surface area contributed by atoms with E-state index >= 15 is 0 Å². The molecule has 0 aliphatic carbocycles. The van der Waals surface area contributed by atoms with E-state index in [-0.39, 0.29) is 22.2 Å². The molecule has 5 rings (SSSR count). The molecule has 0 aliphatic rings. The van der Waals surface area contributed by atoms with Crippen molar-refractivity contribution in [3.05, 3.63) is 88.7 Å². The van der Waals surface area contributed by atoms with Gasteiger partial charge >= 0.3 is 12.2 Å². The molecule has 0 fully saturated rings. The zero-order valence-electron chi connectivity index (χ0n) is 22.8. The lowest BCUT2D eigenvalue weighted by Gasteiger charge is -2.17. The number of aryl methyl sites for hydroxylation is 1. The summed E-state index contributed by atoms with van der Waals surface area (Å²) < 4.78 is 49.9. The van der Waals surface area contributed by atoms with Gasteiger partial charge in [0, 0.05) is 18.7 Å². The molecule has 222 valence electrons. The molecular formula is C27H23ClF3N9O3. The van der Waals surface area contributed by atoms with E-state index in [1.54, 1.807) is 25.1 Å². The van der Waals surface area contributed by atoms with Crippen LogP contribution in [0, 0.1) is 6.92 Å². The maximum atomic E-state index is 14.1. The number of halogens is 4. The molecule has 16 heteroatoms. The van der Waals surface area contributed by atoms with Crippen molar-refractivity contribution in [1.82, 2.24) is 29.4 Å². The molecule has 1 atom stereocenters. The first kappa shape index (κ1) is 29.5. The number of alkyl halides is 3. The number of benzene rings is 1. The number of hydrogen-bond acceptors (Lipinski definition) is 7. The number of nitrogens with one attached hydrogen (secondary N) is 3. The fraction of sp³-hybridized carbons (Fsp3) is 0.185. The monoisotopic (exact) mass is 613 g/mol. The maximum absolute atomic E-state index is 14.1. The van der Waals surface area contributed by atoms with Crippen LogP contribution in [0.1, 0.15) is 40.2 Å². The molecule has 0 bridgehead atoms. The maximum Gasteiger partial charge on any atom is 0.420 e. The van der Waals surface area contributed by atoms with Gasteiger partial charge < -0.3 is 20.7 Å². The third-order valence-corrected chi connectivity index (χ3v) is 6.43. The second-order valence-corrected chi connectivity index (χ2v) is 9.73. The summed E-state index contributed by atoms with van der Waals surface area (Å²) in [5.74, 6) is -1.01. The number of carbonyl (C=O) groups excluding carboxylic acids is 2. The molecule has 43 heavy (non-hydrogen) atoms. The molecule has 12 nitrogen and oxygen atoms in total. The van der Waals surface area contributed by atoms with E-state index in [4.69, 9.17) is 16.3 Å². The molecule has 4 aromatic heterocycles.